The summed E-state index contributed by atoms with van der Waals surface area (Å²) in [4.78, 5) is 25.2. The van der Waals surface area contributed by atoms with Crippen molar-refractivity contribution in [2.75, 3.05) is 6.61 Å². The molecule has 4 nitrogen and oxygen atoms in total. The van der Waals surface area contributed by atoms with Crippen LogP contribution in [0.25, 0.3) is 0 Å². The average molecular weight is 266 g/mol. The molecule has 0 spiro atoms. The van der Waals surface area contributed by atoms with E-state index in [-0.39, 0.29) is 23.7 Å². The number of aromatic nitrogens is 1. The number of halogens is 3. The van der Waals surface area contributed by atoms with Gasteiger partial charge < -0.3 is 9.72 Å². The SMILES string of the molecule is CCOC(=O)c1c(CCl)[nH]c(C(F)F)cc1=O. The first kappa shape index (κ1) is 13.6. The van der Waals surface area contributed by atoms with Crippen LogP contribution < -0.4 is 5.43 Å². The maximum absolute atomic E-state index is 12.4. The molecule has 1 N–H and O–H groups in total. The van der Waals surface area contributed by atoms with Crippen molar-refractivity contribution in [2.24, 2.45) is 0 Å². The van der Waals surface area contributed by atoms with Crippen LogP contribution in [-0.4, -0.2) is 17.6 Å². The highest BCUT2D eigenvalue weighted by Crippen LogP contribution is 2.17. The summed E-state index contributed by atoms with van der Waals surface area (Å²) >= 11 is 5.50. The summed E-state index contributed by atoms with van der Waals surface area (Å²) < 4.78 is 29.5. The second-order valence-corrected chi connectivity index (χ2v) is 3.36. The maximum Gasteiger partial charge on any atom is 0.343 e. The summed E-state index contributed by atoms with van der Waals surface area (Å²) in [6.45, 7) is 1.65. The molecule has 1 aromatic rings. The van der Waals surface area contributed by atoms with E-state index in [1.807, 2.05) is 0 Å². The predicted octanol–water partition coefficient (Wildman–Crippen LogP) is 2.23. The van der Waals surface area contributed by atoms with E-state index in [9.17, 15) is 18.4 Å². The number of ether oxygens (including phenoxy) is 1. The standard InChI is InChI=1S/C10H10ClF2NO3/c1-2-17-10(16)8-6(4-11)14-5(9(12)13)3-7(8)15/h3,9H,2,4H2,1H3,(H,14,15). The third-order valence-corrected chi connectivity index (χ3v) is 2.25. The zero-order valence-electron chi connectivity index (χ0n) is 8.93. The number of hydrogen-bond acceptors (Lipinski definition) is 3. The van der Waals surface area contributed by atoms with Gasteiger partial charge in [0.1, 0.15) is 5.56 Å². The van der Waals surface area contributed by atoms with E-state index < -0.39 is 23.5 Å². The van der Waals surface area contributed by atoms with Gasteiger partial charge in [0, 0.05) is 11.8 Å². The Morgan fingerprint density at radius 1 is 1.59 bits per heavy atom. The van der Waals surface area contributed by atoms with Crippen molar-refractivity contribution in [3.63, 3.8) is 0 Å². The Bertz CT molecular complexity index is 473. The van der Waals surface area contributed by atoms with Crippen molar-refractivity contribution in [1.82, 2.24) is 4.98 Å². The number of carbonyl (C=O) groups is 1. The number of hydrogen-bond donors (Lipinski definition) is 1. The Hall–Kier alpha value is -1.43. The van der Waals surface area contributed by atoms with Crippen molar-refractivity contribution in [3.05, 3.63) is 33.2 Å². The van der Waals surface area contributed by atoms with Crippen molar-refractivity contribution in [2.45, 2.75) is 19.2 Å². The van der Waals surface area contributed by atoms with Gasteiger partial charge in [-0.25, -0.2) is 13.6 Å². The Morgan fingerprint density at radius 3 is 2.71 bits per heavy atom. The molecule has 0 atom stereocenters. The summed E-state index contributed by atoms with van der Waals surface area (Å²) in [5.74, 6) is -1.13. The highest BCUT2D eigenvalue weighted by molar-refractivity contribution is 6.17. The fourth-order valence-electron chi connectivity index (χ4n) is 1.28. The summed E-state index contributed by atoms with van der Waals surface area (Å²) in [6, 6.07) is 0.674. The lowest BCUT2D eigenvalue weighted by molar-refractivity contribution is 0.0522. The van der Waals surface area contributed by atoms with Gasteiger partial charge in [0.05, 0.1) is 18.2 Å². The molecule has 0 amide bonds. The van der Waals surface area contributed by atoms with Gasteiger partial charge in [0.25, 0.3) is 6.43 Å². The van der Waals surface area contributed by atoms with Gasteiger partial charge in [-0.1, -0.05) is 0 Å². The third kappa shape index (κ3) is 3.03. The molecule has 1 rings (SSSR count). The topological polar surface area (TPSA) is 59.2 Å². The quantitative estimate of drug-likeness (QED) is 0.671. The molecule has 0 saturated heterocycles. The molecule has 17 heavy (non-hydrogen) atoms. The van der Waals surface area contributed by atoms with Crippen LogP contribution in [0.15, 0.2) is 10.9 Å². The van der Waals surface area contributed by atoms with Crippen LogP contribution >= 0.6 is 11.6 Å². The Morgan fingerprint density at radius 2 is 2.24 bits per heavy atom. The molecule has 1 aromatic heterocycles. The predicted molar refractivity (Wildman–Crippen MR) is 57.5 cm³/mol. The fraction of sp³-hybridized carbons (Fsp3) is 0.400. The summed E-state index contributed by atoms with van der Waals surface area (Å²) in [7, 11) is 0. The Kier molecular flexibility index (Phi) is 4.62. The number of alkyl halides is 3. The van der Waals surface area contributed by atoms with Crippen LogP contribution in [0.4, 0.5) is 8.78 Å². The summed E-state index contributed by atoms with van der Waals surface area (Å²) in [6.07, 6.45) is -2.83. The van der Waals surface area contributed by atoms with Crippen molar-refractivity contribution < 1.29 is 18.3 Å². The minimum atomic E-state index is -2.83. The lowest BCUT2D eigenvalue weighted by Gasteiger charge is -2.08. The highest BCUT2D eigenvalue weighted by Gasteiger charge is 2.20. The molecular weight excluding hydrogens is 256 g/mol. The lowest BCUT2D eigenvalue weighted by atomic mass is 10.1. The van der Waals surface area contributed by atoms with E-state index in [1.54, 1.807) is 6.92 Å². The fourth-order valence-corrected chi connectivity index (χ4v) is 1.48. The van der Waals surface area contributed by atoms with Gasteiger partial charge in [0.2, 0.25) is 0 Å². The molecule has 0 aliphatic rings. The summed E-state index contributed by atoms with van der Waals surface area (Å²) in [5.41, 5.74) is -1.79. The number of aromatic amines is 1. The molecule has 0 unspecified atom stereocenters. The van der Waals surface area contributed by atoms with Crippen LogP contribution in [0, 0.1) is 0 Å². The van der Waals surface area contributed by atoms with Crippen molar-refractivity contribution in [1.29, 1.82) is 0 Å². The molecule has 0 aliphatic heterocycles. The number of nitrogens with one attached hydrogen (secondary N) is 1. The molecule has 0 fully saturated rings. The van der Waals surface area contributed by atoms with E-state index in [1.165, 1.54) is 0 Å². The first-order chi connectivity index (χ1) is 8.01. The van der Waals surface area contributed by atoms with Crippen molar-refractivity contribution >= 4 is 17.6 Å². The van der Waals surface area contributed by atoms with Crippen LogP contribution in [0.5, 0.6) is 0 Å². The van der Waals surface area contributed by atoms with Gasteiger partial charge in [-0.3, -0.25) is 4.79 Å². The molecule has 7 heteroatoms. The van der Waals surface area contributed by atoms with E-state index in [0.717, 1.165) is 0 Å². The number of H-pyrrole nitrogens is 1. The second-order valence-electron chi connectivity index (χ2n) is 3.10. The largest absolute Gasteiger partial charge is 0.462 e. The van der Waals surface area contributed by atoms with E-state index >= 15 is 0 Å². The molecule has 0 aromatic carbocycles. The molecule has 1 heterocycles. The minimum absolute atomic E-state index is 0.0621. The van der Waals surface area contributed by atoms with Gasteiger partial charge in [-0.15, -0.1) is 11.6 Å². The van der Waals surface area contributed by atoms with Gasteiger partial charge in [0.15, 0.2) is 5.43 Å². The summed E-state index contributed by atoms with van der Waals surface area (Å²) in [5, 5.41) is 0. The first-order valence-electron chi connectivity index (χ1n) is 4.78. The second kappa shape index (κ2) is 5.77. The zero-order valence-corrected chi connectivity index (χ0v) is 9.68. The Balaban J connectivity index is 3.31. The van der Waals surface area contributed by atoms with Crippen LogP contribution in [0.3, 0.4) is 0 Å². The van der Waals surface area contributed by atoms with Crippen molar-refractivity contribution in [3.8, 4) is 0 Å². The number of esters is 1. The highest BCUT2D eigenvalue weighted by atomic mass is 35.5. The monoisotopic (exact) mass is 265 g/mol. The minimum Gasteiger partial charge on any atom is -0.462 e. The van der Waals surface area contributed by atoms with E-state index in [0.29, 0.717) is 6.07 Å². The number of rotatable bonds is 4. The van der Waals surface area contributed by atoms with Crippen LogP contribution in [0.1, 0.15) is 35.1 Å². The van der Waals surface area contributed by atoms with Gasteiger partial charge in [-0.05, 0) is 6.92 Å². The van der Waals surface area contributed by atoms with E-state index in [4.69, 9.17) is 11.6 Å². The van der Waals surface area contributed by atoms with Crippen LogP contribution in [-0.2, 0) is 10.6 Å². The zero-order chi connectivity index (χ0) is 13.0. The molecule has 0 bridgehead atoms. The molecule has 0 saturated carbocycles. The Labute approximate surface area is 101 Å². The average Bonchev–Trinajstić information content (AvgIpc) is 2.27. The molecule has 0 aliphatic carbocycles. The maximum atomic E-state index is 12.4. The van der Waals surface area contributed by atoms with Gasteiger partial charge >= 0.3 is 5.97 Å². The molecule has 94 valence electrons. The lowest BCUT2D eigenvalue weighted by Crippen LogP contribution is -2.22. The normalized spacial score (nSPS) is 10.6. The first-order valence-corrected chi connectivity index (χ1v) is 5.32. The van der Waals surface area contributed by atoms with E-state index in [2.05, 4.69) is 9.72 Å². The number of carbonyl (C=O) groups excluding carboxylic acids is 1. The third-order valence-electron chi connectivity index (χ3n) is 1.98. The number of pyridine rings is 1. The molecular formula is C10H10ClF2NO3. The van der Waals surface area contributed by atoms with Crippen LogP contribution in [0.2, 0.25) is 0 Å². The molecule has 0 radical (unpaired) electrons. The van der Waals surface area contributed by atoms with Gasteiger partial charge in [-0.2, -0.15) is 0 Å². The smallest absolute Gasteiger partial charge is 0.343 e.